The normalized spacial score (nSPS) is 9.86. The summed E-state index contributed by atoms with van der Waals surface area (Å²) in [7, 11) is 11.9. The Kier molecular flexibility index (Phi) is 3.06. The molecule has 4 radical (unpaired) electrons. The van der Waals surface area contributed by atoms with Crippen LogP contribution >= 0.6 is 11.6 Å². The second-order valence-electron chi connectivity index (χ2n) is 2.46. The Morgan fingerprint density at radius 3 is 2.50 bits per heavy atom. The quantitative estimate of drug-likeness (QED) is 0.343. The molecule has 4 nitrogen and oxygen atoms in total. The Bertz CT molecular complexity index is 443. The van der Waals surface area contributed by atoms with Crippen LogP contribution in [0.3, 0.4) is 0 Å². The zero-order valence-electron chi connectivity index (χ0n) is 7.26. The van der Waals surface area contributed by atoms with E-state index in [1.165, 1.54) is 0 Å². The lowest BCUT2D eigenvalue weighted by molar-refractivity contribution is 0.0603. The summed E-state index contributed by atoms with van der Waals surface area (Å²) < 4.78 is 4.40. The Balaban J connectivity index is 3.55. The standard InChI is InChI=1S/C7H4B2ClNO3/c1-14-7(13)2-3(8)5(10)11-6(12)4(2)9/h1H3,(H,11,12). The maximum Gasteiger partial charge on any atom is 0.336 e. The fourth-order valence-corrected chi connectivity index (χ4v) is 1.10. The molecular weight excluding hydrogens is 203 g/mol. The van der Waals surface area contributed by atoms with Crippen LogP contribution in [-0.2, 0) is 4.74 Å². The highest BCUT2D eigenvalue weighted by Gasteiger charge is 2.16. The summed E-state index contributed by atoms with van der Waals surface area (Å²) in [6.07, 6.45) is 0. The number of methoxy groups -OCH3 is 1. The predicted octanol–water partition coefficient (Wildman–Crippen LogP) is -1.60. The van der Waals surface area contributed by atoms with Crippen molar-refractivity contribution in [3.05, 3.63) is 21.1 Å². The summed E-state index contributed by atoms with van der Waals surface area (Å²) in [4.78, 5) is 24.4. The van der Waals surface area contributed by atoms with Gasteiger partial charge in [-0.05, 0) is 10.9 Å². The number of nitrogens with one attached hydrogen (secondary N) is 1. The van der Waals surface area contributed by atoms with E-state index in [0.717, 1.165) is 7.11 Å². The van der Waals surface area contributed by atoms with Gasteiger partial charge in [0.05, 0.1) is 12.7 Å². The molecular formula is C7H4B2ClNO3. The smallest absolute Gasteiger partial charge is 0.336 e. The number of carbonyl (C=O) groups is 1. The van der Waals surface area contributed by atoms with Gasteiger partial charge in [-0.25, -0.2) is 4.79 Å². The molecule has 0 spiro atoms. The molecule has 0 aliphatic carbocycles. The van der Waals surface area contributed by atoms with Gasteiger partial charge in [-0.3, -0.25) is 4.79 Å². The molecule has 0 fully saturated rings. The van der Waals surface area contributed by atoms with Gasteiger partial charge >= 0.3 is 5.97 Å². The van der Waals surface area contributed by atoms with Gasteiger partial charge in [0.1, 0.15) is 20.8 Å². The van der Waals surface area contributed by atoms with Crippen LogP contribution in [0, 0.1) is 0 Å². The number of rotatable bonds is 1. The van der Waals surface area contributed by atoms with Crippen LogP contribution in [0.15, 0.2) is 4.79 Å². The van der Waals surface area contributed by atoms with E-state index in [1.54, 1.807) is 0 Å². The first-order chi connectivity index (χ1) is 6.49. The lowest BCUT2D eigenvalue weighted by Crippen LogP contribution is -2.40. The minimum absolute atomic E-state index is 0.101. The predicted molar refractivity (Wildman–Crippen MR) is 54.2 cm³/mol. The van der Waals surface area contributed by atoms with E-state index in [2.05, 4.69) is 9.72 Å². The Hall–Kier alpha value is -1.16. The van der Waals surface area contributed by atoms with Crippen molar-refractivity contribution in [3.8, 4) is 0 Å². The molecule has 1 aromatic rings. The first-order valence-corrected chi connectivity index (χ1v) is 3.91. The number of aromatic amines is 1. The van der Waals surface area contributed by atoms with Gasteiger partial charge in [0.25, 0.3) is 0 Å². The molecule has 14 heavy (non-hydrogen) atoms. The van der Waals surface area contributed by atoms with E-state index < -0.39 is 11.5 Å². The molecule has 0 saturated carbocycles. The summed E-state index contributed by atoms with van der Waals surface area (Å²) in [5.74, 6) is -0.798. The average Bonchev–Trinajstić information content (AvgIpc) is 2.15. The maximum absolute atomic E-state index is 11.2. The molecule has 0 unspecified atom stereocenters. The van der Waals surface area contributed by atoms with Crippen molar-refractivity contribution in [1.29, 1.82) is 0 Å². The Morgan fingerprint density at radius 2 is 2.00 bits per heavy atom. The minimum atomic E-state index is -0.798. The molecule has 1 heterocycles. The van der Waals surface area contributed by atoms with Crippen LogP contribution in [0.5, 0.6) is 0 Å². The van der Waals surface area contributed by atoms with E-state index in [4.69, 9.17) is 27.3 Å². The third kappa shape index (κ3) is 1.70. The fraction of sp³-hybridized carbons (Fsp3) is 0.143. The van der Waals surface area contributed by atoms with Gasteiger partial charge < -0.3 is 9.72 Å². The van der Waals surface area contributed by atoms with Crippen LogP contribution in [0.2, 0.25) is 5.15 Å². The minimum Gasteiger partial charge on any atom is -0.465 e. The number of hydrogen-bond donors (Lipinski definition) is 1. The van der Waals surface area contributed by atoms with E-state index in [0.29, 0.717) is 0 Å². The van der Waals surface area contributed by atoms with E-state index >= 15 is 0 Å². The van der Waals surface area contributed by atoms with Crippen molar-refractivity contribution in [3.63, 3.8) is 0 Å². The summed E-state index contributed by atoms with van der Waals surface area (Å²) in [5, 5.41) is -0.135. The molecule has 7 heteroatoms. The summed E-state index contributed by atoms with van der Waals surface area (Å²) in [5.41, 5.74) is -1.29. The molecule has 0 atom stereocenters. The van der Waals surface area contributed by atoms with Gasteiger partial charge in [0, 0.05) is 0 Å². The third-order valence-electron chi connectivity index (χ3n) is 1.63. The zero-order valence-corrected chi connectivity index (χ0v) is 8.01. The van der Waals surface area contributed by atoms with Gasteiger partial charge in [0.15, 0.2) is 0 Å². The van der Waals surface area contributed by atoms with Crippen molar-refractivity contribution in [2.75, 3.05) is 7.11 Å². The van der Waals surface area contributed by atoms with E-state index in [1.807, 2.05) is 0 Å². The first-order valence-electron chi connectivity index (χ1n) is 3.54. The summed E-state index contributed by atoms with van der Waals surface area (Å²) in [6, 6.07) is 0. The summed E-state index contributed by atoms with van der Waals surface area (Å²) in [6.45, 7) is 0. The SMILES string of the molecule is [B]c1c(Cl)[nH]c(=O)c([B])c1C(=O)OC. The van der Waals surface area contributed by atoms with Gasteiger partial charge in [-0.2, -0.15) is 0 Å². The Labute approximate surface area is 87.4 Å². The highest BCUT2D eigenvalue weighted by Crippen LogP contribution is 1.99. The van der Waals surface area contributed by atoms with Gasteiger partial charge in [0.2, 0.25) is 5.56 Å². The van der Waals surface area contributed by atoms with Crippen LogP contribution in [0.1, 0.15) is 10.4 Å². The molecule has 0 amide bonds. The molecule has 1 N–H and O–H groups in total. The van der Waals surface area contributed by atoms with Crippen molar-refractivity contribution in [2.24, 2.45) is 0 Å². The number of halogens is 1. The number of carbonyl (C=O) groups excluding carboxylic acids is 1. The van der Waals surface area contributed by atoms with Crippen molar-refractivity contribution >= 4 is 44.2 Å². The van der Waals surface area contributed by atoms with Crippen LogP contribution in [0.4, 0.5) is 0 Å². The number of pyridine rings is 1. The molecule has 1 rings (SSSR count). The number of ether oxygens (including phenoxy) is 1. The second-order valence-corrected chi connectivity index (χ2v) is 2.84. The van der Waals surface area contributed by atoms with Crippen LogP contribution in [-0.4, -0.2) is 33.8 Å². The van der Waals surface area contributed by atoms with Gasteiger partial charge in [-0.15, -0.1) is 0 Å². The fourth-order valence-electron chi connectivity index (χ4n) is 0.925. The van der Waals surface area contributed by atoms with Crippen LogP contribution in [0.25, 0.3) is 0 Å². The molecule has 1 aromatic heterocycles. The number of esters is 1. The zero-order chi connectivity index (χ0) is 10.9. The van der Waals surface area contributed by atoms with E-state index in [9.17, 15) is 9.59 Å². The van der Waals surface area contributed by atoms with Crippen LogP contribution < -0.4 is 16.5 Å². The highest BCUT2D eigenvalue weighted by atomic mass is 35.5. The van der Waals surface area contributed by atoms with E-state index in [-0.39, 0.29) is 21.6 Å². The Morgan fingerprint density at radius 1 is 1.43 bits per heavy atom. The number of hydrogen-bond acceptors (Lipinski definition) is 3. The molecule has 0 saturated heterocycles. The molecule has 0 aliphatic rings. The number of H-pyrrole nitrogens is 1. The molecule has 0 aromatic carbocycles. The first kappa shape index (κ1) is 10.9. The molecule has 68 valence electrons. The van der Waals surface area contributed by atoms with Gasteiger partial charge in [-0.1, -0.05) is 11.6 Å². The lowest BCUT2D eigenvalue weighted by Gasteiger charge is -2.08. The molecule has 0 bridgehead atoms. The van der Waals surface area contributed by atoms with Crippen molar-refractivity contribution in [2.45, 2.75) is 0 Å². The largest absolute Gasteiger partial charge is 0.465 e. The third-order valence-corrected chi connectivity index (χ3v) is 1.93. The maximum atomic E-state index is 11.2. The van der Waals surface area contributed by atoms with Crippen molar-refractivity contribution in [1.82, 2.24) is 4.98 Å². The average molecular weight is 207 g/mol. The van der Waals surface area contributed by atoms with Crippen molar-refractivity contribution < 1.29 is 9.53 Å². The topological polar surface area (TPSA) is 59.2 Å². The second kappa shape index (κ2) is 3.92. The highest BCUT2D eigenvalue weighted by molar-refractivity contribution is 6.49. The number of aromatic nitrogens is 1. The lowest BCUT2D eigenvalue weighted by atomic mass is 9.83. The monoisotopic (exact) mass is 207 g/mol. The summed E-state index contributed by atoms with van der Waals surface area (Å²) >= 11 is 5.55. The molecule has 0 aliphatic heterocycles.